The molecule has 0 bridgehead atoms. The van der Waals surface area contributed by atoms with Crippen molar-refractivity contribution in [1.29, 1.82) is 0 Å². The zero-order valence-electron chi connectivity index (χ0n) is 14.4. The molecule has 2 nitrogen and oxygen atoms in total. The molecule has 1 amide bonds. The number of nitrogens with zero attached hydrogens (tertiary/aromatic N) is 1. The van der Waals surface area contributed by atoms with Crippen molar-refractivity contribution in [1.82, 2.24) is 0 Å². The summed E-state index contributed by atoms with van der Waals surface area (Å²) in [5.41, 5.74) is 5.46. The van der Waals surface area contributed by atoms with E-state index in [1.54, 1.807) is 0 Å². The van der Waals surface area contributed by atoms with Gasteiger partial charge in [0, 0.05) is 11.3 Å². The number of rotatable bonds is 2. The standard InChI is InChI=1S/C23H23NO/c25-23-21-16-10-2-1-9-15-20(21)22(17-18-11-5-3-6-12-18)24(23)19-13-7-4-8-14-19/h3-8,11-14,17H,1-2,9-10,15-16H2/b22-17+. The largest absolute Gasteiger partial charge is 0.277 e. The predicted octanol–water partition coefficient (Wildman–Crippen LogP) is 5.73. The van der Waals surface area contributed by atoms with Gasteiger partial charge in [0.1, 0.15) is 0 Å². The lowest BCUT2D eigenvalue weighted by Gasteiger charge is -2.20. The number of hydrogen-bond acceptors (Lipinski definition) is 1. The Balaban J connectivity index is 1.83. The van der Waals surface area contributed by atoms with E-state index in [1.165, 1.54) is 24.8 Å². The highest BCUT2D eigenvalue weighted by Gasteiger charge is 2.35. The average molecular weight is 329 g/mol. The summed E-state index contributed by atoms with van der Waals surface area (Å²) in [7, 11) is 0. The molecule has 0 saturated heterocycles. The van der Waals surface area contributed by atoms with Gasteiger partial charge in [-0.05, 0) is 55.0 Å². The van der Waals surface area contributed by atoms with E-state index in [2.05, 4.69) is 18.2 Å². The van der Waals surface area contributed by atoms with E-state index in [-0.39, 0.29) is 5.91 Å². The van der Waals surface area contributed by atoms with Crippen molar-refractivity contribution in [3.05, 3.63) is 83.1 Å². The molecular formula is C23H23NO. The van der Waals surface area contributed by atoms with Gasteiger partial charge >= 0.3 is 0 Å². The van der Waals surface area contributed by atoms with Crippen LogP contribution in [-0.2, 0) is 4.79 Å². The molecule has 2 heteroatoms. The Kier molecular flexibility index (Phi) is 4.51. The van der Waals surface area contributed by atoms with Crippen molar-refractivity contribution >= 4 is 17.7 Å². The number of anilines is 1. The van der Waals surface area contributed by atoms with Crippen molar-refractivity contribution in [2.75, 3.05) is 4.90 Å². The van der Waals surface area contributed by atoms with Gasteiger partial charge in [0.2, 0.25) is 0 Å². The van der Waals surface area contributed by atoms with Gasteiger partial charge in [0.05, 0.1) is 5.70 Å². The fraction of sp³-hybridized carbons (Fsp3) is 0.261. The second kappa shape index (κ2) is 7.10. The van der Waals surface area contributed by atoms with Crippen LogP contribution in [0.5, 0.6) is 0 Å². The van der Waals surface area contributed by atoms with Gasteiger partial charge in [0.25, 0.3) is 5.91 Å². The Morgan fingerprint density at radius 2 is 1.32 bits per heavy atom. The molecule has 4 rings (SSSR count). The summed E-state index contributed by atoms with van der Waals surface area (Å²) in [5, 5.41) is 0. The highest BCUT2D eigenvalue weighted by Crippen LogP contribution is 2.40. The van der Waals surface area contributed by atoms with E-state index in [0.29, 0.717) is 0 Å². The first-order valence-corrected chi connectivity index (χ1v) is 9.23. The molecule has 0 N–H and O–H groups in total. The number of allylic oxidation sites excluding steroid dienone is 1. The fourth-order valence-electron chi connectivity index (χ4n) is 3.85. The molecule has 2 aromatic rings. The second-order valence-corrected chi connectivity index (χ2v) is 6.79. The third kappa shape index (κ3) is 3.17. The molecule has 1 heterocycles. The monoisotopic (exact) mass is 329 g/mol. The molecule has 0 aromatic heterocycles. The van der Waals surface area contributed by atoms with Crippen LogP contribution in [-0.4, -0.2) is 5.91 Å². The zero-order valence-corrected chi connectivity index (χ0v) is 14.4. The summed E-state index contributed by atoms with van der Waals surface area (Å²) < 4.78 is 0. The molecule has 0 fully saturated rings. The Morgan fingerprint density at radius 3 is 2.00 bits per heavy atom. The molecular weight excluding hydrogens is 306 g/mol. The van der Waals surface area contributed by atoms with Crippen molar-refractivity contribution in [3.63, 3.8) is 0 Å². The summed E-state index contributed by atoms with van der Waals surface area (Å²) in [6.07, 6.45) is 8.86. The van der Waals surface area contributed by atoms with Crippen molar-refractivity contribution in [2.45, 2.75) is 38.5 Å². The van der Waals surface area contributed by atoms with Crippen LogP contribution < -0.4 is 4.90 Å². The van der Waals surface area contributed by atoms with Crippen LogP contribution in [0.4, 0.5) is 5.69 Å². The second-order valence-electron chi connectivity index (χ2n) is 6.79. The van der Waals surface area contributed by atoms with E-state index in [9.17, 15) is 4.79 Å². The van der Waals surface area contributed by atoms with E-state index < -0.39 is 0 Å². The van der Waals surface area contributed by atoms with E-state index in [0.717, 1.165) is 41.8 Å². The Hall–Kier alpha value is -2.61. The molecule has 1 aliphatic carbocycles. The predicted molar refractivity (Wildman–Crippen MR) is 103 cm³/mol. The van der Waals surface area contributed by atoms with Crippen LogP contribution in [0.1, 0.15) is 44.1 Å². The quantitative estimate of drug-likeness (QED) is 0.689. The Bertz CT molecular complexity index is 818. The maximum Gasteiger partial charge on any atom is 0.259 e. The molecule has 0 atom stereocenters. The summed E-state index contributed by atoms with van der Waals surface area (Å²) in [4.78, 5) is 15.2. The first-order chi connectivity index (χ1) is 12.3. The molecule has 0 spiro atoms. The first-order valence-electron chi connectivity index (χ1n) is 9.23. The number of carbonyl (C=O) groups excluding carboxylic acids is 1. The third-order valence-corrected chi connectivity index (χ3v) is 5.10. The fourth-order valence-corrected chi connectivity index (χ4v) is 3.85. The van der Waals surface area contributed by atoms with Crippen LogP contribution >= 0.6 is 0 Å². The minimum Gasteiger partial charge on any atom is -0.277 e. The highest BCUT2D eigenvalue weighted by molar-refractivity contribution is 6.14. The summed E-state index contributed by atoms with van der Waals surface area (Å²) in [6.45, 7) is 0. The Morgan fingerprint density at radius 1 is 0.720 bits per heavy atom. The Labute approximate surface area is 149 Å². The molecule has 0 radical (unpaired) electrons. The summed E-state index contributed by atoms with van der Waals surface area (Å²) in [5.74, 6) is 0.172. The summed E-state index contributed by atoms with van der Waals surface area (Å²) in [6, 6.07) is 20.4. The number of benzene rings is 2. The van der Waals surface area contributed by atoms with E-state index >= 15 is 0 Å². The lowest BCUT2D eigenvalue weighted by molar-refractivity contribution is -0.114. The minimum absolute atomic E-state index is 0.172. The SMILES string of the molecule is O=C1C2=C(CCCCCC2)/C(=C\c2ccccc2)N1c1ccccc1. The number of para-hydroxylation sites is 1. The van der Waals surface area contributed by atoms with Crippen molar-refractivity contribution < 1.29 is 4.79 Å². The van der Waals surface area contributed by atoms with Crippen LogP contribution in [0.25, 0.3) is 6.08 Å². The van der Waals surface area contributed by atoms with Gasteiger partial charge in [-0.2, -0.15) is 0 Å². The molecule has 1 aliphatic heterocycles. The smallest absolute Gasteiger partial charge is 0.259 e. The average Bonchev–Trinajstić information content (AvgIpc) is 2.86. The number of carbonyl (C=O) groups is 1. The van der Waals surface area contributed by atoms with Gasteiger partial charge in [0.15, 0.2) is 0 Å². The first kappa shape index (κ1) is 15.9. The van der Waals surface area contributed by atoms with Crippen LogP contribution in [0.3, 0.4) is 0 Å². The highest BCUT2D eigenvalue weighted by atomic mass is 16.2. The van der Waals surface area contributed by atoms with Crippen LogP contribution in [0, 0.1) is 0 Å². The van der Waals surface area contributed by atoms with Crippen molar-refractivity contribution in [2.24, 2.45) is 0 Å². The van der Waals surface area contributed by atoms with Crippen LogP contribution in [0.2, 0.25) is 0 Å². The molecule has 0 saturated carbocycles. The van der Waals surface area contributed by atoms with Gasteiger partial charge in [-0.15, -0.1) is 0 Å². The maximum absolute atomic E-state index is 13.2. The van der Waals surface area contributed by atoms with E-state index in [1.807, 2.05) is 53.4 Å². The van der Waals surface area contributed by atoms with Gasteiger partial charge in [-0.25, -0.2) is 0 Å². The zero-order chi connectivity index (χ0) is 17.1. The summed E-state index contributed by atoms with van der Waals surface area (Å²) >= 11 is 0. The van der Waals surface area contributed by atoms with Gasteiger partial charge in [-0.3, -0.25) is 9.69 Å². The minimum atomic E-state index is 0.172. The molecule has 2 aromatic carbocycles. The molecule has 126 valence electrons. The number of hydrogen-bond donors (Lipinski definition) is 0. The molecule has 25 heavy (non-hydrogen) atoms. The number of amides is 1. The van der Waals surface area contributed by atoms with Gasteiger partial charge < -0.3 is 0 Å². The van der Waals surface area contributed by atoms with Crippen molar-refractivity contribution in [3.8, 4) is 0 Å². The maximum atomic E-state index is 13.2. The lowest BCUT2D eigenvalue weighted by atomic mass is 9.93. The molecule has 0 unspecified atom stereocenters. The lowest BCUT2D eigenvalue weighted by Crippen LogP contribution is -2.25. The normalized spacial score (nSPS) is 19.8. The topological polar surface area (TPSA) is 20.3 Å². The van der Waals surface area contributed by atoms with Gasteiger partial charge in [-0.1, -0.05) is 61.4 Å². The third-order valence-electron chi connectivity index (χ3n) is 5.10. The van der Waals surface area contributed by atoms with E-state index in [4.69, 9.17) is 0 Å². The molecule has 2 aliphatic rings. The van der Waals surface area contributed by atoms with Crippen LogP contribution in [0.15, 0.2) is 77.5 Å².